The third kappa shape index (κ3) is 2.75. The lowest BCUT2D eigenvalue weighted by atomic mass is 9.98. The summed E-state index contributed by atoms with van der Waals surface area (Å²) in [6.45, 7) is 0.468. The Kier molecular flexibility index (Phi) is 3.97. The average molecular weight is 371 g/mol. The molecular formula is C18H15ClN4O3. The second-order valence-corrected chi connectivity index (χ2v) is 6.54. The Morgan fingerprint density at radius 1 is 1.23 bits per heavy atom. The summed E-state index contributed by atoms with van der Waals surface area (Å²) in [5.41, 5.74) is 1.17. The molecular weight excluding hydrogens is 356 g/mol. The number of hydrogen-bond donors (Lipinski definition) is 1. The van der Waals surface area contributed by atoms with Gasteiger partial charge in [0.15, 0.2) is 5.76 Å². The molecule has 8 heteroatoms. The Hall–Kier alpha value is -2.77. The third-order valence-corrected chi connectivity index (χ3v) is 4.69. The Labute approximate surface area is 154 Å². The minimum atomic E-state index is -1.65. The molecule has 1 saturated heterocycles. The Balaban J connectivity index is 1.69. The van der Waals surface area contributed by atoms with Crippen LogP contribution >= 0.6 is 11.6 Å². The van der Waals surface area contributed by atoms with Crippen molar-refractivity contribution in [3.05, 3.63) is 53.6 Å². The number of carbonyl (C=O) groups is 1. The van der Waals surface area contributed by atoms with Crippen LogP contribution in [-0.2, 0) is 10.4 Å². The zero-order valence-electron chi connectivity index (χ0n) is 13.9. The Morgan fingerprint density at radius 2 is 2.00 bits per heavy atom. The molecule has 26 heavy (non-hydrogen) atoms. The number of likely N-dealkylation sites (tertiary alicyclic amines) is 1. The van der Waals surface area contributed by atoms with Gasteiger partial charge in [-0.1, -0.05) is 23.4 Å². The van der Waals surface area contributed by atoms with E-state index in [0.717, 1.165) is 11.1 Å². The summed E-state index contributed by atoms with van der Waals surface area (Å²) in [6.07, 6.45) is 1.86. The number of amides is 1. The molecule has 1 aromatic carbocycles. The van der Waals surface area contributed by atoms with Crippen LogP contribution in [0, 0.1) is 0 Å². The predicted octanol–water partition coefficient (Wildman–Crippen LogP) is 2.50. The normalized spacial score (nSPS) is 20.0. The number of nitrogens with zero attached hydrogens (tertiary/aromatic N) is 4. The molecule has 1 amide bonds. The van der Waals surface area contributed by atoms with Gasteiger partial charge in [-0.2, -0.15) is 0 Å². The summed E-state index contributed by atoms with van der Waals surface area (Å²) in [5.74, 6) is -0.234. The number of aromatic nitrogens is 3. The maximum Gasteiger partial charge on any atom is 0.262 e. The molecule has 3 aromatic rings. The standard InChI is InChI=1S/C18H15ClN4O3/c1-23-8-6-18(25,16(23)24)15-10-14(22-26-15)12-4-2-3-11(9-12)13-5-7-20-17(19)21-13/h2-5,7,9-10,25H,6,8H2,1H3/t18-/m1/s1. The fourth-order valence-electron chi connectivity index (χ4n) is 3.02. The molecule has 0 unspecified atom stereocenters. The van der Waals surface area contributed by atoms with Gasteiger partial charge in [0.2, 0.25) is 10.9 Å². The number of aliphatic hydroxyl groups is 1. The molecule has 1 atom stereocenters. The zero-order valence-corrected chi connectivity index (χ0v) is 14.6. The molecule has 0 radical (unpaired) electrons. The van der Waals surface area contributed by atoms with E-state index >= 15 is 0 Å². The van der Waals surface area contributed by atoms with E-state index in [1.807, 2.05) is 24.3 Å². The van der Waals surface area contributed by atoms with Crippen LogP contribution in [0.25, 0.3) is 22.5 Å². The van der Waals surface area contributed by atoms with Crippen molar-refractivity contribution in [2.24, 2.45) is 0 Å². The van der Waals surface area contributed by atoms with Gasteiger partial charge in [-0.25, -0.2) is 9.97 Å². The molecule has 4 rings (SSSR count). The van der Waals surface area contributed by atoms with E-state index in [1.165, 1.54) is 4.90 Å². The number of benzene rings is 1. The van der Waals surface area contributed by atoms with Gasteiger partial charge in [0.05, 0.1) is 5.69 Å². The van der Waals surface area contributed by atoms with E-state index in [0.29, 0.717) is 17.9 Å². The monoisotopic (exact) mass is 370 g/mol. The van der Waals surface area contributed by atoms with Crippen molar-refractivity contribution in [2.75, 3.05) is 13.6 Å². The summed E-state index contributed by atoms with van der Waals surface area (Å²) >= 11 is 5.86. The van der Waals surface area contributed by atoms with E-state index in [2.05, 4.69) is 15.1 Å². The van der Waals surface area contributed by atoms with Crippen molar-refractivity contribution >= 4 is 17.5 Å². The van der Waals surface area contributed by atoms with Crippen LogP contribution in [0.2, 0.25) is 5.28 Å². The lowest BCUT2D eigenvalue weighted by molar-refractivity contribution is -0.144. The van der Waals surface area contributed by atoms with Crippen molar-refractivity contribution in [1.29, 1.82) is 0 Å². The molecule has 0 bridgehead atoms. The minimum absolute atomic E-state index is 0.150. The van der Waals surface area contributed by atoms with Gasteiger partial charge < -0.3 is 14.5 Å². The fourth-order valence-corrected chi connectivity index (χ4v) is 3.17. The van der Waals surface area contributed by atoms with E-state index in [4.69, 9.17) is 16.1 Å². The topological polar surface area (TPSA) is 92.3 Å². The molecule has 1 N–H and O–H groups in total. The lowest BCUT2D eigenvalue weighted by Crippen LogP contribution is -2.35. The maximum atomic E-state index is 12.2. The first-order valence-electron chi connectivity index (χ1n) is 8.02. The van der Waals surface area contributed by atoms with Gasteiger partial charge in [0.25, 0.3) is 5.91 Å². The molecule has 3 heterocycles. The Bertz CT molecular complexity index is 990. The zero-order chi connectivity index (χ0) is 18.3. The first kappa shape index (κ1) is 16.7. The highest BCUT2D eigenvalue weighted by Crippen LogP contribution is 2.35. The highest BCUT2D eigenvalue weighted by molar-refractivity contribution is 6.28. The maximum absolute atomic E-state index is 12.2. The number of likely N-dealkylation sites (N-methyl/N-ethyl adjacent to an activating group) is 1. The Morgan fingerprint density at radius 3 is 2.69 bits per heavy atom. The first-order valence-corrected chi connectivity index (χ1v) is 8.40. The number of rotatable bonds is 3. The molecule has 2 aromatic heterocycles. The highest BCUT2D eigenvalue weighted by atomic mass is 35.5. The van der Waals surface area contributed by atoms with Crippen LogP contribution in [0.1, 0.15) is 12.2 Å². The third-order valence-electron chi connectivity index (χ3n) is 4.51. The highest BCUT2D eigenvalue weighted by Gasteiger charge is 2.48. The van der Waals surface area contributed by atoms with Gasteiger partial charge in [-0.3, -0.25) is 4.79 Å². The molecule has 1 aliphatic heterocycles. The summed E-state index contributed by atoms with van der Waals surface area (Å²) in [4.78, 5) is 21.8. The van der Waals surface area contributed by atoms with Crippen LogP contribution in [-0.4, -0.2) is 44.6 Å². The molecule has 132 valence electrons. The van der Waals surface area contributed by atoms with Crippen LogP contribution in [0.5, 0.6) is 0 Å². The molecule has 7 nitrogen and oxygen atoms in total. The number of hydrogen-bond acceptors (Lipinski definition) is 6. The molecule has 0 aliphatic carbocycles. The van der Waals surface area contributed by atoms with Gasteiger partial charge in [0, 0.05) is 43.4 Å². The minimum Gasteiger partial charge on any atom is -0.373 e. The second-order valence-electron chi connectivity index (χ2n) is 6.21. The smallest absolute Gasteiger partial charge is 0.262 e. The largest absolute Gasteiger partial charge is 0.373 e. The van der Waals surface area contributed by atoms with E-state index in [1.54, 1.807) is 25.4 Å². The molecule has 1 fully saturated rings. The summed E-state index contributed by atoms with van der Waals surface area (Å²) in [5, 5.41) is 14.9. The van der Waals surface area contributed by atoms with Crippen molar-refractivity contribution in [3.8, 4) is 22.5 Å². The first-order chi connectivity index (χ1) is 12.5. The van der Waals surface area contributed by atoms with Crippen LogP contribution < -0.4 is 0 Å². The van der Waals surface area contributed by atoms with Crippen LogP contribution in [0.4, 0.5) is 0 Å². The fraction of sp³-hybridized carbons (Fsp3) is 0.222. The van der Waals surface area contributed by atoms with Gasteiger partial charge in [-0.05, 0) is 23.7 Å². The van der Waals surface area contributed by atoms with Crippen molar-refractivity contribution in [1.82, 2.24) is 20.0 Å². The van der Waals surface area contributed by atoms with Crippen LogP contribution in [0.15, 0.2) is 47.1 Å². The SMILES string of the molecule is CN1CC[C@@](O)(c2cc(-c3cccc(-c4ccnc(Cl)n4)c3)no2)C1=O. The van der Waals surface area contributed by atoms with Crippen LogP contribution in [0.3, 0.4) is 0 Å². The second kappa shape index (κ2) is 6.19. The number of halogens is 1. The van der Waals surface area contributed by atoms with Crippen molar-refractivity contribution in [3.63, 3.8) is 0 Å². The molecule has 1 aliphatic rings. The van der Waals surface area contributed by atoms with Crippen molar-refractivity contribution in [2.45, 2.75) is 12.0 Å². The molecule has 0 saturated carbocycles. The predicted molar refractivity (Wildman–Crippen MR) is 94.1 cm³/mol. The average Bonchev–Trinajstić information content (AvgIpc) is 3.25. The summed E-state index contributed by atoms with van der Waals surface area (Å²) < 4.78 is 5.30. The van der Waals surface area contributed by atoms with Gasteiger partial charge in [0.1, 0.15) is 5.69 Å². The van der Waals surface area contributed by atoms with Gasteiger partial charge >= 0.3 is 0 Å². The van der Waals surface area contributed by atoms with E-state index in [-0.39, 0.29) is 23.4 Å². The lowest BCUT2D eigenvalue weighted by Gasteiger charge is -2.16. The number of carbonyl (C=O) groups excluding carboxylic acids is 1. The molecule has 0 spiro atoms. The van der Waals surface area contributed by atoms with Crippen molar-refractivity contribution < 1.29 is 14.4 Å². The van der Waals surface area contributed by atoms with Gasteiger partial charge in [-0.15, -0.1) is 0 Å². The van der Waals surface area contributed by atoms with E-state index in [9.17, 15) is 9.90 Å². The quantitative estimate of drug-likeness (QED) is 0.712. The summed E-state index contributed by atoms with van der Waals surface area (Å²) in [7, 11) is 1.65. The van der Waals surface area contributed by atoms with E-state index < -0.39 is 5.60 Å². The summed E-state index contributed by atoms with van der Waals surface area (Å²) in [6, 6.07) is 10.9.